The van der Waals surface area contributed by atoms with Gasteiger partial charge in [0.25, 0.3) is 0 Å². The Morgan fingerprint density at radius 2 is 2.00 bits per heavy atom. The summed E-state index contributed by atoms with van der Waals surface area (Å²) in [5.41, 5.74) is 0.759. The topological polar surface area (TPSA) is 99.2 Å². The molecule has 0 bridgehead atoms. The van der Waals surface area contributed by atoms with E-state index in [1.165, 1.54) is 12.3 Å². The maximum atomic E-state index is 15.4. The van der Waals surface area contributed by atoms with Crippen molar-refractivity contribution in [3.05, 3.63) is 66.1 Å². The third-order valence-corrected chi connectivity index (χ3v) is 7.45. The van der Waals surface area contributed by atoms with E-state index in [4.69, 9.17) is 9.26 Å². The Bertz CT molecular complexity index is 1460. The molecule has 9 nitrogen and oxygen atoms in total. The zero-order valence-corrected chi connectivity index (χ0v) is 22.1. The number of halogens is 2. The van der Waals surface area contributed by atoms with Crippen molar-refractivity contribution in [2.45, 2.75) is 52.1 Å². The van der Waals surface area contributed by atoms with E-state index in [1.54, 1.807) is 46.8 Å². The monoisotopic (exact) mass is 536 g/mol. The quantitative estimate of drug-likeness (QED) is 0.281. The lowest BCUT2D eigenvalue weighted by molar-refractivity contribution is -0.153. The highest BCUT2D eigenvalue weighted by molar-refractivity contribution is 5.86. The van der Waals surface area contributed by atoms with Crippen molar-refractivity contribution in [1.29, 1.82) is 0 Å². The largest absolute Gasteiger partial charge is 0.464 e. The number of piperidine rings is 1. The number of aromatic nitrogens is 5. The van der Waals surface area contributed by atoms with Crippen LogP contribution in [0.1, 0.15) is 45.6 Å². The number of nitrogens with zero attached hydrogens (tertiary/aromatic N) is 6. The number of anilines is 1. The van der Waals surface area contributed by atoms with E-state index in [0.717, 1.165) is 19.0 Å². The van der Waals surface area contributed by atoms with Crippen molar-refractivity contribution in [1.82, 2.24) is 24.9 Å². The van der Waals surface area contributed by atoms with Crippen LogP contribution in [0.25, 0.3) is 22.9 Å². The number of benzene rings is 1. The fourth-order valence-electron chi connectivity index (χ4n) is 5.46. The van der Waals surface area contributed by atoms with E-state index in [9.17, 15) is 9.18 Å². The molecular weight excluding hydrogens is 506 g/mol. The minimum absolute atomic E-state index is 0.0214. The van der Waals surface area contributed by atoms with Gasteiger partial charge in [0, 0.05) is 18.2 Å². The molecule has 1 saturated heterocycles. The average Bonchev–Trinajstić information content (AvgIpc) is 3.61. The van der Waals surface area contributed by atoms with E-state index in [0.29, 0.717) is 35.6 Å². The van der Waals surface area contributed by atoms with Gasteiger partial charge in [-0.05, 0) is 44.2 Å². The molecule has 0 aliphatic carbocycles. The van der Waals surface area contributed by atoms with Crippen molar-refractivity contribution in [3.8, 4) is 22.9 Å². The highest BCUT2D eigenvalue weighted by Gasteiger charge is 2.51. The fraction of sp³-hybridized carbons (Fsp3) is 0.393. The van der Waals surface area contributed by atoms with Gasteiger partial charge in [-0.2, -0.15) is 5.10 Å². The minimum Gasteiger partial charge on any atom is -0.464 e. The molecule has 1 aliphatic rings. The van der Waals surface area contributed by atoms with E-state index in [-0.39, 0.29) is 42.5 Å². The summed E-state index contributed by atoms with van der Waals surface area (Å²) in [6.45, 7) is 6.43. The van der Waals surface area contributed by atoms with Crippen LogP contribution in [-0.2, 0) is 16.1 Å². The molecular formula is C28H30F2N6O3. The summed E-state index contributed by atoms with van der Waals surface area (Å²) in [6, 6.07) is 9.79. The molecule has 39 heavy (non-hydrogen) atoms. The van der Waals surface area contributed by atoms with Crippen LogP contribution in [-0.4, -0.2) is 49.6 Å². The molecule has 0 saturated carbocycles. The van der Waals surface area contributed by atoms with Gasteiger partial charge in [0.15, 0.2) is 17.5 Å². The van der Waals surface area contributed by atoms with E-state index < -0.39 is 11.4 Å². The standard InChI is InChI=1S/C28H30F2N6O3/c1-4-28(27(37)38-5-2)18(3)9-8-13-35(28)26-21(30)16-31-25(32-26)23-15-24(22-12-14-39-34-22)36(33-23)17-19-10-6-7-11-20(19)29/h6-7,10-12,14-16,18H,4-5,8-9,13,17H2,1-3H3. The first-order valence-electron chi connectivity index (χ1n) is 13.1. The first kappa shape index (κ1) is 26.5. The molecule has 204 valence electrons. The zero-order chi connectivity index (χ0) is 27.6. The number of esters is 1. The second-order valence-electron chi connectivity index (χ2n) is 9.61. The first-order valence-corrected chi connectivity index (χ1v) is 13.1. The molecule has 11 heteroatoms. The van der Waals surface area contributed by atoms with Crippen molar-refractivity contribution >= 4 is 11.8 Å². The van der Waals surface area contributed by atoms with Gasteiger partial charge < -0.3 is 14.2 Å². The Labute approximate surface area is 224 Å². The van der Waals surface area contributed by atoms with Gasteiger partial charge in [0.05, 0.1) is 25.0 Å². The molecule has 0 spiro atoms. The summed E-state index contributed by atoms with van der Waals surface area (Å²) in [5.74, 6) is -1.29. The molecule has 1 fully saturated rings. The average molecular weight is 537 g/mol. The fourth-order valence-corrected chi connectivity index (χ4v) is 5.46. The van der Waals surface area contributed by atoms with Crippen LogP contribution in [0.2, 0.25) is 0 Å². The Kier molecular flexibility index (Phi) is 7.40. The number of carbonyl (C=O) groups excluding carboxylic acids is 1. The Morgan fingerprint density at radius 3 is 2.72 bits per heavy atom. The van der Waals surface area contributed by atoms with Crippen molar-refractivity contribution in [3.63, 3.8) is 0 Å². The van der Waals surface area contributed by atoms with Crippen LogP contribution in [0.4, 0.5) is 14.6 Å². The summed E-state index contributed by atoms with van der Waals surface area (Å²) < 4.78 is 41.9. The normalized spacial score (nSPS) is 19.3. The van der Waals surface area contributed by atoms with Gasteiger partial charge in [0.1, 0.15) is 29.0 Å². The molecule has 3 aromatic heterocycles. The maximum Gasteiger partial charge on any atom is 0.332 e. The number of rotatable bonds is 8. The van der Waals surface area contributed by atoms with Crippen LogP contribution >= 0.6 is 0 Å². The van der Waals surface area contributed by atoms with Crippen LogP contribution in [0.3, 0.4) is 0 Å². The first-order chi connectivity index (χ1) is 18.9. The maximum absolute atomic E-state index is 15.4. The highest BCUT2D eigenvalue weighted by atomic mass is 19.1. The molecule has 1 aliphatic heterocycles. The van der Waals surface area contributed by atoms with Crippen molar-refractivity contribution in [2.24, 2.45) is 5.92 Å². The number of ether oxygens (including phenoxy) is 1. The van der Waals surface area contributed by atoms with Gasteiger partial charge in [-0.25, -0.2) is 23.5 Å². The van der Waals surface area contributed by atoms with Crippen LogP contribution in [0.5, 0.6) is 0 Å². The summed E-state index contributed by atoms with van der Waals surface area (Å²) in [4.78, 5) is 23.8. The lowest BCUT2D eigenvalue weighted by Crippen LogP contribution is -2.62. The Balaban J connectivity index is 1.59. The SMILES string of the molecule is CCOC(=O)C1(CC)C(C)CCCN1c1nc(-c2cc(-c3ccon3)n(Cc3ccccc3F)n2)ncc1F. The van der Waals surface area contributed by atoms with Gasteiger partial charge in [-0.1, -0.05) is 37.2 Å². The Morgan fingerprint density at radius 1 is 1.18 bits per heavy atom. The number of hydrogen-bond donors (Lipinski definition) is 0. The van der Waals surface area contributed by atoms with Crippen LogP contribution in [0.15, 0.2) is 53.4 Å². The lowest BCUT2D eigenvalue weighted by Gasteiger charge is -2.49. The molecule has 5 rings (SSSR count). The number of hydrogen-bond acceptors (Lipinski definition) is 8. The molecule has 4 aromatic rings. The smallest absolute Gasteiger partial charge is 0.332 e. The van der Waals surface area contributed by atoms with E-state index in [2.05, 4.69) is 20.2 Å². The molecule has 0 radical (unpaired) electrons. The predicted octanol–water partition coefficient (Wildman–Crippen LogP) is 5.27. The highest BCUT2D eigenvalue weighted by Crippen LogP contribution is 2.41. The van der Waals surface area contributed by atoms with Crippen molar-refractivity contribution < 1.29 is 22.8 Å². The molecule has 4 heterocycles. The van der Waals surface area contributed by atoms with Gasteiger partial charge in [-0.3, -0.25) is 4.68 Å². The minimum atomic E-state index is -1.06. The second-order valence-corrected chi connectivity index (χ2v) is 9.61. The Hall–Kier alpha value is -4.15. The van der Waals surface area contributed by atoms with Gasteiger partial charge >= 0.3 is 5.97 Å². The van der Waals surface area contributed by atoms with Gasteiger partial charge in [0.2, 0.25) is 0 Å². The molecule has 1 aromatic carbocycles. The third kappa shape index (κ3) is 4.77. The third-order valence-electron chi connectivity index (χ3n) is 7.45. The van der Waals surface area contributed by atoms with E-state index in [1.807, 2.05) is 13.8 Å². The van der Waals surface area contributed by atoms with E-state index >= 15 is 4.39 Å². The molecule has 0 N–H and O–H groups in total. The molecule has 2 atom stereocenters. The zero-order valence-electron chi connectivity index (χ0n) is 22.1. The van der Waals surface area contributed by atoms with Gasteiger partial charge in [-0.15, -0.1) is 0 Å². The lowest BCUT2D eigenvalue weighted by atomic mass is 9.75. The molecule has 2 unspecified atom stereocenters. The summed E-state index contributed by atoms with van der Waals surface area (Å²) in [5, 5.41) is 8.64. The predicted molar refractivity (Wildman–Crippen MR) is 140 cm³/mol. The van der Waals surface area contributed by atoms with Crippen LogP contribution in [0, 0.1) is 17.6 Å². The van der Waals surface area contributed by atoms with Crippen LogP contribution < -0.4 is 4.90 Å². The number of carbonyl (C=O) groups is 1. The van der Waals surface area contributed by atoms with Crippen molar-refractivity contribution in [2.75, 3.05) is 18.1 Å². The summed E-state index contributed by atoms with van der Waals surface area (Å²) in [6.07, 6.45) is 4.53. The summed E-state index contributed by atoms with van der Waals surface area (Å²) >= 11 is 0. The summed E-state index contributed by atoms with van der Waals surface area (Å²) in [7, 11) is 0. The second kappa shape index (κ2) is 10.9. The molecule has 0 amide bonds.